The summed E-state index contributed by atoms with van der Waals surface area (Å²) in [7, 11) is 0. The first-order valence-electron chi connectivity index (χ1n) is 4.11. The monoisotopic (exact) mass is 162 g/mol. The van der Waals surface area contributed by atoms with Gasteiger partial charge in [-0.1, -0.05) is 43.8 Å². The maximum Gasteiger partial charge on any atom is 0.0497 e. The fraction of sp³-hybridized carbons (Fsp3) is 0.273. The second kappa shape index (κ2) is 4.07. The van der Waals surface area contributed by atoms with Crippen molar-refractivity contribution in [3.63, 3.8) is 0 Å². The molecule has 1 N–H and O–H groups in total. The van der Waals surface area contributed by atoms with Crippen molar-refractivity contribution in [3.8, 4) is 0 Å². The SMILES string of the molecule is C=Cc1ccccc1C(C)CO. The number of hydrogen-bond acceptors (Lipinski definition) is 1. The number of rotatable bonds is 3. The number of benzene rings is 1. The quantitative estimate of drug-likeness (QED) is 0.723. The number of hydrogen-bond donors (Lipinski definition) is 1. The molecule has 0 amide bonds. The van der Waals surface area contributed by atoms with E-state index in [0.29, 0.717) is 0 Å². The van der Waals surface area contributed by atoms with Crippen molar-refractivity contribution < 1.29 is 5.11 Å². The van der Waals surface area contributed by atoms with Crippen molar-refractivity contribution in [2.75, 3.05) is 6.61 Å². The molecule has 1 heteroatoms. The highest BCUT2D eigenvalue weighted by Gasteiger charge is 2.05. The van der Waals surface area contributed by atoms with E-state index in [0.717, 1.165) is 11.1 Å². The summed E-state index contributed by atoms with van der Waals surface area (Å²) in [5.74, 6) is 0.194. The van der Waals surface area contributed by atoms with E-state index in [1.807, 2.05) is 37.3 Å². The van der Waals surface area contributed by atoms with Crippen LogP contribution in [0, 0.1) is 0 Å². The largest absolute Gasteiger partial charge is 0.396 e. The lowest BCUT2D eigenvalue weighted by molar-refractivity contribution is 0.273. The van der Waals surface area contributed by atoms with E-state index < -0.39 is 0 Å². The minimum Gasteiger partial charge on any atom is -0.396 e. The van der Waals surface area contributed by atoms with Gasteiger partial charge in [0.2, 0.25) is 0 Å². The Bertz CT molecular complexity index is 265. The molecule has 0 saturated heterocycles. The Morgan fingerprint density at radius 1 is 1.50 bits per heavy atom. The van der Waals surface area contributed by atoms with Crippen molar-refractivity contribution in [1.29, 1.82) is 0 Å². The Hall–Kier alpha value is -1.08. The Balaban J connectivity index is 3.04. The minimum atomic E-state index is 0.185. The molecule has 0 aromatic heterocycles. The maximum atomic E-state index is 8.97. The molecule has 1 nitrogen and oxygen atoms in total. The van der Waals surface area contributed by atoms with Gasteiger partial charge >= 0.3 is 0 Å². The van der Waals surface area contributed by atoms with E-state index in [9.17, 15) is 0 Å². The van der Waals surface area contributed by atoms with Crippen molar-refractivity contribution in [2.24, 2.45) is 0 Å². The van der Waals surface area contributed by atoms with Crippen LogP contribution in [0.5, 0.6) is 0 Å². The van der Waals surface area contributed by atoms with Gasteiger partial charge < -0.3 is 5.11 Å². The molecule has 0 aliphatic rings. The van der Waals surface area contributed by atoms with Gasteiger partial charge in [-0.15, -0.1) is 0 Å². The standard InChI is InChI=1S/C11H14O/c1-3-10-6-4-5-7-11(10)9(2)8-12/h3-7,9,12H,1,8H2,2H3. The van der Waals surface area contributed by atoms with Crippen molar-refractivity contribution >= 4 is 6.08 Å². The number of aliphatic hydroxyl groups excluding tert-OH is 1. The van der Waals surface area contributed by atoms with Gasteiger partial charge in [-0.05, 0) is 11.1 Å². The Kier molecular flexibility index (Phi) is 3.06. The Morgan fingerprint density at radius 2 is 2.17 bits per heavy atom. The summed E-state index contributed by atoms with van der Waals surface area (Å²) in [4.78, 5) is 0. The highest BCUT2D eigenvalue weighted by molar-refractivity contribution is 5.52. The predicted octanol–water partition coefficient (Wildman–Crippen LogP) is 2.43. The van der Waals surface area contributed by atoms with Gasteiger partial charge in [0.25, 0.3) is 0 Å². The lowest BCUT2D eigenvalue weighted by atomic mass is 9.96. The van der Waals surface area contributed by atoms with Crippen LogP contribution in [-0.4, -0.2) is 11.7 Å². The molecule has 0 spiro atoms. The van der Waals surface area contributed by atoms with Crippen molar-refractivity contribution in [3.05, 3.63) is 42.0 Å². The highest BCUT2D eigenvalue weighted by Crippen LogP contribution is 2.19. The second-order valence-corrected chi connectivity index (χ2v) is 2.92. The average Bonchev–Trinajstić information content (AvgIpc) is 2.16. The molecule has 0 heterocycles. The molecule has 0 radical (unpaired) electrons. The topological polar surface area (TPSA) is 20.2 Å². The fourth-order valence-corrected chi connectivity index (χ4v) is 1.24. The summed E-state index contributed by atoms with van der Waals surface area (Å²) in [6.07, 6.45) is 1.82. The van der Waals surface area contributed by atoms with Crippen molar-refractivity contribution in [2.45, 2.75) is 12.8 Å². The van der Waals surface area contributed by atoms with Crippen LogP contribution in [-0.2, 0) is 0 Å². The van der Waals surface area contributed by atoms with Gasteiger partial charge in [0.05, 0.1) is 0 Å². The molecule has 0 bridgehead atoms. The first kappa shape index (κ1) is 9.01. The van der Waals surface area contributed by atoms with Crippen molar-refractivity contribution in [1.82, 2.24) is 0 Å². The highest BCUT2D eigenvalue weighted by atomic mass is 16.3. The summed E-state index contributed by atoms with van der Waals surface area (Å²) in [5, 5.41) is 8.97. The molecule has 0 fully saturated rings. The lowest BCUT2D eigenvalue weighted by Crippen LogP contribution is -2.00. The van der Waals surface area contributed by atoms with E-state index in [1.165, 1.54) is 0 Å². The average molecular weight is 162 g/mol. The van der Waals surface area contributed by atoms with Crippen LogP contribution in [0.2, 0.25) is 0 Å². The molecule has 1 atom stereocenters. The van der Waals surface area contributed by atoms with E-state index in [4.69, 9.17) is 5.11 Å². The van der Waals surface area contributed by atoms with E-state index >= 15 is 0 Å². The minimum absolute atomic E-state index is 0.185. The Labute approximate surface area is 73.4 Å². The molecule has 0 aliphatic heterocycles. The molecule has 0 saturated carbocycles. The number of aliphatic hydroxyl groups is 1. The third-order valence-corrected chi connectivity index (χ3v) is 2.02. The normalized spacial score (nSPS) is 12.5. The zero-order chi connectivity index (χ0) is 8.97. The predicted molar refractivity (Wildman–Crippen MR) is 52.0 cm³/mol. The third kappa shape index (κ3) is 1.74. The molecular formula is C11H14O. The van der Waals surface area contributed by atoms with Gasteiger partial charge in [-0.25, -0.2) is 0 Å². The zero-order valence-corrected chi connectivity index (χ0v) is 7.33. The lowest BCUT2D eigenvalue weighted by Gasteiger charge is -2.10. The molecular weight excluding hydrogens is 148 g/mol. The summed E-state index contributed by atoms with van der Waals surface area (Å²) in [5.41, 5.74) is 2.27. The molecule has 1 aromatic carbocycles. The van der Waals surface area contributed by atoms with E-state index in [-0.39, 0.29) is 12.5 Å². The van der Waals surface area contributed by atoms with Crippen LogP contribution in [0.3, 0.4) is 0 Å². The Morgan fingerprint density at radius 3 is 2.75 bits per heavy atom. The first-order valence-corrected chi connectivity index (χ1v) is 4.11. The van der Waals surface area contributed by atoms with Gasteiger partial charge in [0.15, 0.2) is 0 Å². The van der Waals surface area contributed by atoms with Gasteiger partial charge in [0.1, 0.15) is 0 Å². The summed E-state index contributed by atoms with van der Waals surface area (Å²) in [6, 6.07) is 7.99. The van der Waals surface area contributed by atoms with Crippen LogP contribution < -0.4 is 0 Å². The molecule has 64 valence electrons. The van der Waals surface area contributed by atoms with E-state index in [1.54, 1.807) is 0 Å². The van der Waals surface area contributed by atoms with Crippen LogP contribution >= 0.6 is 0 Å². The smallest absolute Gasteiger partial charge is 0.0497 e. The van der Waals surface area contributed by atoms with Gasteiger partial charge in [0, 0.05) is 12.5 Å². The summed E-state index contributed by atoms with van der Waals surface area (Å²) < 4.78 is 0. The molecule has 1 unspecified atom stereocenters. The van der Waals surface area contributed by atoms with Gasteiger partial charge in [-0.3, -0.25) is 0 Å². The summed E-state index contributed by atoms with van der Waals surface area (Å²) in [6.45, 7) is 5.91. The molecule has 12 heavy (non-hydrogen) atoms. The van der Waals surface area contributed by atoms with Crippen LogP contribution in [0.1, 0.15) is 24.0 Å². The van der Waals surface area contributed by atoms with Gasteiger partial charge in [-0.2, -0.15) is 0 Å². The van der Waals surface area contributed by atoms with Crippen LogP contribution in [0.25, 0.3) is 6.08 Å². The molecule has 1 rings (SSSR count). The molecule has 1 aromatic rings. The first-order chi connectivity index (χ1) is 5.79. The van der Waals surface area contributed by atoms with E-state index in [2.05, 4.69) is 6.58 Å². The zero-order valence-electron chi connectivity index (χ0n) is 7.33. The third-order valence-electron chi connectivity index (χ3n) is 2.02. The second-order valence-electron chi connectivity index (χ2n) is 2.92. The maximum absolute atomic E-state index is 8.97. The van der Waals surface area contributed by atoms with Crippen LogP contribution in [0.4, 0.5) is 0 Å². The fourth-order valence-electron chi connectivity index (χ4n) is 1.24. The van der Waals surface area contributed by atoms with Crippen LogP contribution in [0.15, 0.2) is 30.8 Å². The summed E-state index contributed by atoms with van der Waals surface area (Å²) >= 11 is 0. The molecule has 0 aliphatic carbocycles.